The van der Waals surface area contributed by atoms with E-state index in [0.717, 1.165) is 50.5 Å². The zero-order chi connectivity index (χ0) is 37.0. The molecule has 0 fully saturated rings. The highest BCUT2D eigenvalue weighted by Crippen LogP contribution is 2.42. The summed E-state index contributed by atoms with van der Waals surface area (Å²) in [6.07, 6.45) is 0. The van der Waals surface area contributed by atoms with Crippen LogP contribution in [0.25, 0.3) is 100 Å². The van der Waals surface area contributed by atoms with Crippen LogP contribution in [-0.4, -0.2) is 19.1 Å². The third-order valence-electron chi connectivity index (χ3n) is 10.9. The molecule has 0 radical (unpaired) electrons. The van der Waals surface area contributed by atoms with Crippen molar-refractivity contribution in [1.29, 1.82) is 0 Å². The second kappa shape index (κ2) is 13.1. The van der Waals surface area contributed by atoms with Crippen molar-refractivity contribution in [3.63, 3.8) is 0 Å². The Morgan fingerprint density at radius 1 is 0.286 bits per heavy atom. The van der Waals surface area contributed by atoms with Crippen molar-refractivity contribution < 1.29 is 0 Å². The van der Waals surface area contributed by atoms with Gasteiger partial charge in [-0.05, 0) is 53.6 Å². The van der Waals surface area contributed by atoms with E-state index in [1.165, 1.54) is 43.7 Å². The third kappa shape index (κ3) is 5.23. The molecule has 0 bridgehead atoms. The minimum atomic E-state index is 0.685. The van der Waals surface area contributed by atoms with Crippen molar-refractivity contribution in [3.8, 4) is 56.4 Å². The number of rotatable bonds is 6. The van der Waals surface area contributed by atoms with Crippen LogP contribution in [0.1, 0.15) is 0 Å². The van der Waals surface area contributed by atoms with Crippen LogP contribution >= 0.6 is 0 Å². The number of nitrogens with zero attached hydrogens (tertiary/aromatic N) is 4. The van der Waals surface area contributed by atoms with Crippen LogP contribution in [0.2, 0.25) is 0 Å². The summed E-state index contributed by atoms with van der Waals surface area (Å²) >= 11 is 0. The molecule has 0 N–H and O–H groups in total. The molecular formula is C52H34N4. The summed E-state index contributed by atoms with van der Waals surface area (Å²) in [5, 5.41) is 4.85. The lowest BCUT2D eigenvalue weighted by Gasteiger charge is -2.14. The topological polar surface area (TPSA) is 35.6 Å². The average molecular weight is 715 g/mol. The summed E-state index contributed by atoms with van der Waals surface area (Å²) < 4.78 is 4.89. The molecular weight excluding hydrogens is 681 g/mol. The Labute approximate surface area is 324 Å². The molecule has 0 saturated heterocycles. The van der Waals surface area contributed by atoms with Crippen LogP contribution in [-0.2, 0) is 0 Å². The molecule has 8 aromatic carbocycles. The Bertz CT molecular complexity index is 3170. The van der Waals surface area contributed by atoms with Gasteiger partial charge in [-0.3, -0.25) is 0 Å². The number of fused-ring (bicyclic) bond motifs is 7. The number of para-hydroxylation sites is 2. The standard InChI is InChI=1S/C52H34N4/c1-4-16-35(17-5-1)38-22-14-24-40(32-38)55-48-28-12-10-26-42(48)44-30-31-45-43-27-11-13-29-49(43)56(51(45)50(44)55)41-25-15-23-39(33-41)52-53-46(36-18-6-2-7-19-36)34-47(54-52)37-20-8-3-9-21-37/h1-34H. The lowest BCUT2D eigenvalue weighted by molar-refractivity contribution is 1.14. The van der Waals surface area contributed by atoms with Crippen LogP contribution < -0.4 is 0 Å². The molecule has 0 amide bonds. The highest BCUT2D eigenvalue weighted by molar-refractivity contribution is 6.23. The van der Waals surface area contributed by atoms with Crippen molar-refractivity contribution in [1.82, 2.24) is 19.1 Å². The van der Waals surface area contributed by atoms with Crippen molar-refractivity contribution in [2.45, 2.75) is 0 Å². The molecule has 0 aliphatic heterocycles. The molecule has 0 unspecified atom stereocenters. The molecule has 4 nitrogen and oxygen atoms in total. The molecule has 0 saturated carbocycles. The van der Waals surface area contributed by atoms with Gasteiger partial charge < -0.3 is 9.13 Å². The van der Waals surface area contributed by atoms with E-state index in [-0.39, 0.29) is 0 Å². The van der Waals surface area contributed by atoms with Crippen LogP contribution in [0.5, 0.6) is 0 Å². The van der Waals surface area contributed by atoms with E-state index in [9.17, 15) is 0 Å². The quantitative estimate of drug-likeness (QED) is 0.172. The number of benzene rings is 8. The number of hydrogen-bond donors (Lipinski definition) is 0. The summed E-state index contributed by atoms with van der Waals surface area (Å²) in [7, 11) is 0. The Kier molecular flexibility index (Phi) is 7.46. The molecule has 56 heavy (non-hydrogen) atoms. The van der Waals surface area contributed by atoms with Gasteiger partial charge in [0.05, 0.1) is 33.5 Å². The van der Waals surface area contributed by atoms with Crippen molar-refractivity contribution in [2.75, 3.05) is 0 Å². The van der Waals surface area contributed by atoms with E-state index in [0.29, 0.717) is 5.82 Å². The zero-order valence-corrected chi connectivity index (χ0v) is 30.4. The monoisotopic (exact) mass is 714 g/mol. The maximum atomic E-state index is 5.19. The fourth-order valence-electron chi connectivity index (χ4n) is 8.37. The predicted molar refractivity (Wildman–Crippen MR) is 232 cm³/mol. The zero-order valence-electron chi connectivity index (χ0n) is 30.4. The molecule has 0 aliphatic carbocycles. The SMILES string of the molecule is c1ccc(-c2cccc(-n3c4ccccc4c4ccc5c6ccccc6n(-c6cccc(-c7nc(-c8ccccc8)cc(-c8ccccc8)n7)c6)c5c43)c2)cc1. The van der Waals surface area contributed by atoms with Gasteiger partial charge in [0, 0.05) is 49.6 Å². The van der Waals surface area contributed by atoms with Gasteiger partial charge in [0.25, 0.3) is 0 Å². The van der Waals surface area contributed by atoms with Gasteiger partial charge in [-0.25, -0.2) is 9.97 Å². The lowest BCUT2D eigenvalue weighted by atomic mass is 10.1. The van der Waals surface area contributed by atoms with Crippen molar-refractivity contribution in [3.05, 3.63) is 206 Å². The van der Waals surface area contributed by atoms with E-state index in [2.05, 4.69) is 203 Å². The first-order valence-electron chi connectivity index (χ1n) is 19.0. The number of hydrogen-bond acceptors (Lipinski definition) is 2. The Morgan fingerprint density at radius 3 is 1.21 bits per heavy atom. The fraction of sp³-hybridized carbons (Fsp3) is 0. The van der Waals surface area contributed by atoms with Gasteiger partial charge in [0.15, 0.2) is 5.82 Å². The normalized spacial score (nSPS) is 11.6. The molecule has 11 aromatic rings. The highest BCUT2D eigenvalue weighted by atomic mass is 15.0. The molecule has 3 heterocycles. The van der Waals surface area contributed by atoms with E-state index in [1.54, 1.807) is 0 Å². The fourth-order valence-corrected chi connectivity index (χ4v) is 8.37. The first-order valence-corrected chi connectivity index (χ1v) is 19.0. The molecule has 262 valence electrons. The summed E-state index contributed by atoms with van der Waals surface area (Å²) in [5.41, 5.74) is 14.0. The Balaban J connectivity index is 1.19. The second-order valence-corrected chi connectivity index (χ2v) is 14.2. The summed E-state index contributed by atoms with van der Waals surface area (Å²) in [6, 6.07) is 73.2. The van der Waals surface area contributed by atoms with Gasteiger partial charge in [-0.15, -0.1) is 0 Å². The molecule has 0 spiro atoms. The maximum absolute atomic E-state index is 5.19. The van der Waals surface area contributed by atoms with E-state index in [1.807, 2.05) is 12.1 Å². The third-order valence-corrected chi connectivity index (χ3v) is 10.9. The van der Waals surface area contributed by atoms with Crippen LogP contribution in [0, 0.1) is 0 Å². The Morgan fingerprint density at radius 2 is 0.696 bits per heavy atom. The van der Waals surface area contributed by atoms with Gasteiger partial charge >= 0.3 is 0 Å². The molecule has 11 rings (SSSR count). The van der Waals surface area contributed by atoms with Crippen LogP contribution in [0.15, 0.2) is 206 Å². The van der Waals surface area contributed by atoms with Crippen LogP contribution in [0.4, 0.5) is 0 Å². The van der Waals surface area contributed by atoms with Gasteiger partial charge in [0.1, 0.15) is 0 Å². The predicted octanol–water partition coefficient (Wildman–Crippen LogP) is 13.3. The second-order valence-electron chi connectivity index (χ2n) is 14.2. The summed E-state index contributed by atoms with van der Waals surface area (Å²) in [6.45, 7) is 0. The van der Waals surface area contributed by atoms with Gasteiger partial charge in [-0.1, -0.05) is 164 Å². The van der Waals surface area contributed by atoms with E-state index in [4.69, 9.17) is 9.97 Å². The van der Waals surface area contributed by atoms with E-state index >= 15 is 0 Å². The molecule has 0 atom stereocenters. The summed E-state index contributed by atoms with van der Waals surface area (Å²) in [5.74, 6) is 0.685. The van der Waals surface area contributed by atoms with Gasteiger partial charge in [-0.2, -0.15) is 0 Å². The molecule has 3 aromatic heterocycles. The highest BCUT2D eigenvalue weighted by Gasteiger charge is 2.22. The van der Waals surface area contributed by atoms with Crippen molar-refractivity contribution >= 4 is 43.6 Å². The summed E-state index contributed by atoms with van der Waals surface area (Å²) in [4.78, 5) is 10.4. The largest absolute Gasteiger partial charge is 0.307 e. The minimum Gasteiger partial charge on any atom is -0.307 e. The Hall–Kier alpha value is -7.56. The smallest absolute Gasteiger partial charge is 0.160 e. The van der Waals surface area contributed by atoms with Crippen molar-refractivity contribution in [2.24, 2.45) is 0 Å². The maximum Gasteiger partial charge on any atom is 0.160 e. The lowest BCUT2D eigenvalue weighted by Crippen LogP contribution is -2.00. The first kappa shape index (κ1) is 31.9. The van der Waals surface area contributed by atoms with Gasteiger partial charge in [0.2, 0.25) is 0 Å². The minimum absolute atomic E-state index is 0.685. The van der Waals surface area contributed by atoms with Crippen LogP contribution in [0.3, 0.4) is 0 Å². The first-order chi connectivity index (χ1) is 27.8. The molecule has 4 heteroatoms. The number of aromatic nitrogens is 4. The van der Waals surface area contributed by atoms with E-state index < -0.39 is 0 Å². The molecule has 0 aliphatic rings. The average Bonchev–Trinajstić information content (AvgIpc) is 3.80.